The zero-order valence-corrected chi connectivity index (χ0v) is 12.8. The van der Waals surface area contributed by atoms with Crippen LogP contribution in [-0.4, -0.2) is 38.2 Å². The predicted molar refractivity (Wildman–Crippen MR) is 77.8 cm³/mol. The van der Waals surface area contributed by atoms with Crippen LogP contribution in [0.2, 0.25) is 0 Å². The van der Waals surface area contributed by atoms with Crippen LogP contribution >= 0.6 is 19.7 Å². The second-order valence-electron chi connectivity index (χ2n) is 4.93. The standard InChI is InChI=1S/C12H25O2P.ClH/c1-6-7-9-15(4,5)10-8-14-12(13)11(2)3;/h15H,2,6-10H2,1,3-5H3;1H. The Labute approximate surface area is 107 Å². The van der Waals surface area contributed by atoms with Crippen LogP contribution in [0.15, 0.2) is 12.2 Å². The average Bonchev–Trinajstić information content (AvgIpc) is 2.14. The van der Waals surface area contributed by atoms with Gasteiger partial charge in [-0.2, -0.15) is 0 Å². The van der Waals surface area contributed by atoms with Crippen molar-refractivity contribution in [2.75, 3.05) is 32.3 Å². The molecule has 0 aliphatic carbocycles. The van der Waals surface area contributed by atoms with Gasteiger partial charge in [-0.3, -0.25) is 0 Å². The van der Waals surface area contributed by atoms with Gasteiger partial charge in [-0.05, 0) is 0 Å². The Morgan fingerprint density at radius 1 is 1.31 bits per heavy atom. The summed E-state index contributed by atoms with van der Waals surface area (Å²) in [6.45, 7) is 12.7. The molecule has 0 N–H and O–H groups in total. The molecular weight excluding hydrogens is 243 g/mol. The fourth-order valence-corrected chi connectivity index (χ4v) is 3.54. The molecule has 0 saturated heterocycles. The van der Waals surface area contributed by atoms with Crippen molar-refractivity contribution in [2.45, 2.75) is 26.7 Å². The van der Waals surface area contributed by atoms with Gasteiger partial charge in [0, 0.05) is 0 Å². The van der Waals surface area contributed by atoms with Gasteiger partial charge in [0.25, 0.3) is 0 Å². The van der Waals surface area contributed by atoms with E-state index in [9.17, 15) is 4.79 Å². The summed E-state index contributed by atoms with van der Waals surface area (Å²) >= 11 is 0. The molecule has 0 unspecified atom stereocenters. The van der Waals surface area contributed by atoms with Gasteiger partial charge in [-0.25, -0.2) is 0 Å². The van der Waals surface area contributed by atoms with Crippen LogP contribution in [0.5, 0.6) is 0 Å². The van der Waals surface area contributed by atoms with Crippen molar-refractivity contribution in [3.63, 3.8) is 0 Å². The van der Waals surface area contributed by atoms with Gasteiger partial charge in [0.15, 0.2) is 0 Å². The number of carbonyl (C=O) groups excluding carboxylic acids is 1. The molecule has 16 heavy (non-hydrogen) atoms. The largest absolute Gasteiger partial charge is 0.147 e. The van der Waals surface area contributed by atoms with Gasteiger partial charge in [0.2, 0.25) is 0 Å². The van der Waals surface area contributed by atoms with Gasteiger partial charge < -0.3 is 0 Å². The van der Waals surface area contributed by atoms with Gasteiger partial charge in [-0.1, -0.05) is 0 Å². The zero-order valence-electron chi connectivity index (χ0n) is 11.0. The summed E-state index contributed by atoms with van der Waals surface area (Å²) in [5.74, 6) is -0.254. The van der Waals surface area contributed by atoms with Gasteiger partial charge in [0.1, 0.15) is 0 Å². The van der Waals surface area contributed by atoms with Gasteiger partial charge in [0.05, 0.1) is 0 Å². The smallest absolute Gasteiger partial charge is 0.147 e. The SMILES string of the molecule is C=C(C)C(=O)OCC[PH](C)(C)CCCC.Cl. The van der Waals surface area contributed by atoms with Crippen molar-refractivity contribution in [1.82, 2.24) is 0 Å². The molecule has 0 radical (unpaired) electrons. The molecule has 4 heteroatoms. The number of esters is 1. The maximum atomic E-state index is 11.1. The molecule has 0 spiro atoms. The first-order valence-electron chi connectivity index (χ1n) is 5.71. The topological polar surface area (TPSA) is 26.3 Å². The Morgan fingerprint density at radius 2 is 1.88 bits per heavy atom. The summed E-state index contributed by atoms with van der Waals surface area (Å²) in [4.78, 5) is 11.1. The summed E-state index contributed by atoms with van der Waals surface area (Å²) in [7, 11) is -1.13. The van der Waals surface area contributed by atoms with Crippen LogP contribution in [-0.2, 0) is 9.53 Å². The predicted octanol–water partition coefficient (Wildman–Crippen LogP) is 3.34. The minimum atomic E-state index is -1.13. The number of unbranched alkanes of at least 4 members (excludes halogenated alkanes) is 1. The number of hydrogen-bond acceptors (Lipinski definition) is 2. The van der Waals surface area contributed by atoms with E-state index in [1.165, 1.54) is 19.0 Å². The second kappa shape index (κ2) is 9.01. The van der Waals surface area contributed by atoms with Gasteiger partial charge in [-0.15, -0.1) is 12.4 Å². The van der Waals surface area contributed by atoms with Crippen LogP contribution < -0.4 is 0 Å². The molecule has 0 atom stereocenters. The Hall–Kier alpha value is -0.0700. The first-order valence-corrected chi connectivity index (χ1v) is 9.13. The third kappa shape index (κ3) is 9.18. The number of carbonyl (C=O) groups is 1. The fourth-order valence-electron chi connectivity index (χ4n) is 1.32. The van der Waals surface area contributed by atoms with Crippen molar-refractivity contribution in [1.29, 1.82) is 0 Å². The zero-order chi connectivity index (χ0) is 11.9. The molecule has 0 saturated carbocycles. The molecular formula is C12H26ClO2P. The summed E-state index contributed by atoms with van der Waals surface area (Å²) < 4.78 is 5.12. The van der Waals surface area contributed by atoms with E-state index in [4.69, 9.17) is 4.74 Å². The number of halogens is 1. The molecule has 0 aliphatic heterocycles. The fraction of sp³-hybridized carbons (Fsp3) is 0.750. The Bertz CT molecular complexity index is 227. The molecule has 2 nitrogen and oxygen atoms in total. The maximum Gasteiger partial charge on any atom is -0.147 e. The third-order valence-electron chi connectivity index (χ3n) is 2.57. The van der Waals surface area contributed by atoms with E-state index >= 15 is 0 Å². The monoisotopic (exact) mass is 268 g/mol. The normalized spacial score (nSPS) is 11.5. The summed E-state index contributed by atoms with van der Waals surface area (Å²) in [5, 5.41) is 0. The van der Waals surface area contributed by atoms with Crippen molar-refractivity contribution in [3.8, 4) is 0 Å². The van der Waals surface area contributed by atoms with E-state index in [0.717, 1.165) is 6.16 Å². The Morgan fingerprint density at radius 3 is 2.31 bits per heavy atom. The molecule has 0 amide bonds. The summed E-state index contributed by atoms with van der Waals surface area (Å²) in [6, 6.07) is 0. The minimum absolute atomic E-state index is 0. The molecule has 0 bridgehead atoms. The molecule has 0 heterocycles. The maximum absolute atomic E-state index is 11.1. The van der Waals surface area contributed by atoms with Crippen molar-refractivity contribution in [3.05, 3.63) is 12.2 Å². The summed E-state index contributed by atoms with van der Waals surface area (Å²) in [5.41, 5.74) is 0.489. The molecule has 0 rings (SSSR count). The van der Waals surface area contributed by atoms with E-state index in [-0.39, 0.29) is 18.4 Å². The Kier molecular flexibility index (Phi) is 10.3. The molecule has 0 aliphatic rings. The molecule has 0 aromatic heterocycles. The summed E-state index contributed by atoms with van der Waals surface area (Å²) in [6.07, 6.45) is 4.94. The van der Waals surface area contributed by atoms with Crippen LogP contribution in [0.25, 0.3) is 0 Å². The van der Waals surface area contributed by atoms with Crippen molar-refractivity contribution in [2.24, 2.45) is 0 Å². The van der Waals surface area contributed by atoms with E-state index in [0.29, 0.717) is 12.2 Å². The van der Waals surface area contributed by atoms with Crippen LogP contribution in [0.4, 0.5) is 0 Å². The molecule has 98 valence electrons. The minimum Gasteiger partial charge on any atom is -0.147 e. The molecule has 0 fully saturated rings. The van der Waals surface area contributed by atoms with Crippen LogP contribution in [0.1, 0.15) is 26.7 Å². The van der Waals surface area contributed by atoms with Gasteiger partial charge >= 0.3 is 93.9 Å². The number of ether oxygens (including phenoxy) is 1. The first kappa shape index (κ1) is 18.3. The molecule has 0 aromatic rings. The molecule has 0 aromatic carbocycles. The van der Waals surface area contributed by atoms with Crippen LogP contribution in [0, 0.1) is 0 Å². The number of rotatable bonds is 7. The van der Waals surface area contributed by atoms with E-state index < -0.39 is 7.26 Å². The van der Waals surface area contributed by atoms with Crippen LogP contribution in [0.3, 0.4) is 0 Å². The average molecular weight is 269 g/mol. The van der Waals surface area contributed by atoms with E-state index in [1.807, 2.05) is 0 Å². The quantitative estimate of drug-likeness (QED) is 0.402. The van der Waals surface area contributed by atoms with Crippen molar-refractivity contribution >= 4 is 25.6 Å². The van der Waals surface area contributed by atoms with Crippen molar-refractivity contribution < 1.29 is 9.53 Å². The number of hydrogen-bond donors (Lipinski definition) is 0. The Balaban J connectivity index is 0. The second-order valence-corrected chi connectivity index (χ2v) is 10.3. The van der Waals surface area contributed by atoms with E-state index in [1.54, 1.807) is 6.92 Å². The van der Waals surface area contributed by atoms with E-state index in [2.05, 4.69) is 26.8 Å². The first-order chi connectivity index (χ1) is 6.89. The third-order valence-corrected chi connectivity index (χ3v) is 5.83.